The number of ether oxygens (including phenoxy) is 1. The summed E-state index contributed by atoms with van der Waals surface area (Å²) in [5.74, 6) is -1.10. The molecule has 11 nitrogen and oxygen atoms in total. The minimum atomic E-state index is -0.433. The highest BCUT2D eigenvalue weighted by Gasteiger charge is 2.35. The molecule has 11 heteroatoms. The Balaban J connectivity index is 1.06. The molecule has 4 aliphatic rings. The third-order valence-corrected chi connectivity index (χ3v) is 13.4. The Labute approximate surface area is 387 Å². The van der Waals surface area contributed by atoms with Gasteiger partial charge in [0.1, 0.15) is 17.9 Å². The van der Waals surface area contributed by atoms with Gasteiger partial charge in [-0.15, -0.1) is 0 Å². The molecule has 3 heterocycles. The van der Waals surface area contributed by atoms with Crippen molar-refractivity contribution in [3.8, 4) is 22.5 Å². The molecule has 0 atom stereocenters. The Kier molecular flexibility index (Phi) is 11.0. The lowest BCUT2D eigenvalue weighted by molar-refractivity contribution is 0.0524. The first-order valence-electron chi connectivity index (χ1n) is 22.9. The molecule has 4 amide bonds. The number of rotatable bonds is 12. The summed E-state index contributed by atoms with van der Waals surface area (Å²) in [5, 5.41) is 4.78. The van der Waals surface area contributed by atoms with E-state index in [2.05, 4.69) is 21.6 Å². The molecule has 0 bridgehead atoms. The lowest BCUT2D eigenvalue weighted by Gasteiger charge is -2.31. The number of anilines is 1. The fourth-order valence-corrected chi connectivity index (χ4v) is 10.1. The number of amides is 4. The zero-order valence-electron chi connectivity index (χ0n) is 38.1. The summed E-state index contributed by atoms with van der Waals surface area (Å²) < 4.78 is 14.6. The van der Waals surface area contributed by atoms with Crippen LogP contribution in [-0.4, -0.2) is 85.3 Å². The molecular weight excluding hydrogens is 841 g/mol. The molecule has 0 spiro atoms. The Morgan fingerprint density at radius 1 is 0.627 bits per heavy atom. The third-order valence-electron chi connectivity index (χ3n) is 13.4. The predicted molar refractivity (Wildman–Crippen MR) is 261 cm³/mol. The van der Waals surface area contributed by atoms with Gasteiger partial charge >= 0.3 is 5.97 Å². The van der Waals surface area contributed by atoms with Crippen LogP contribution < -0.4 is 14.8 Å². The largest absolute Gasteiger partial charge is 0.462 e. The van der Waals surface area contributed by atoms with Crippen molar-refractivity contribution in [3.63, 3.8) is 0 Å². The van der Waals surface area contributed by atoms with E-state index in [1.54, 1.807) is 37.3 Å². The Morgan fingerprint density at radius 2 is 1.18 bits per heavy atom. The average molecular weight is 890 g/mol. The van der Waals surface area contributed by atoms with Gasteiger partial charge in [0, 0.05) is 86.5 Å². The van der Waals surface area contributed by atoms with E-state index in [1.165, 1.54) is 9.80 Å². The molecule has 0 aromatic heterocycles. The van der Waals surface area contributed by atoms with Crippen LogP contribution in [0.5, 0.6) is 0 Å². The summed E-state index contributed by atoms with van der Waals surface area (Å²) >= 11 is 0. The van der Waals surface area contributed by atoms with Gasteiger partial charge in [0.15, 0.2) is 6.54 Å². The SMILES string of the molecule is CCOC(=O)c1ccccc1-c1c2cc(C)c(=[N+](CC)CCN3C(=O)c4cccc5cccc(c45)C3=O)cc-2oc2cc(N(CC)CCN3C(=O)c4cccc5cccc(c45)C3=O)c(C)cc12. The molecule has 0 unspecified atom stereocenters. The molecule has 0 saturated carbocycles. The van der Waals surface area contributed by atoms with Gasteiger partial charge in [0.2, 0.25) is 5.36 Å². The molecule has 3 aliphatic heterocycles. The minimum absolute atomic E-state index is 0.174. The highest BCUT2D eigenvalue weighted by Crippen LogP contribution is 2.44. The predicted octanol–water partition coefficient (Wildman–Crippen LogP) is 9.52. The number of likely N-dealkylation sites (N-methyl/N-ethyl adjacent to an activating group) is 2. The summed E-state index contributed by atoms with van der Waals surface area (Å²) in [5.41, 5.74) is 8.13. The van der Waals surface area contributed by atoms with Crippen LogP contribution in [0.3, 0.4) is 0 Å². The number of aryl methyl sites for hydroxylation is 2. The fraction of sp³-hybridized carbons (Fsp3) is 0.214. The second kappa shape index (κ2) is 17.1. The number of nitrogens with zero attached hydrogens (tertiary/aromatic N) is 4. The molecule has 6 aromatic carbocycles. The molecule has 0 radical (unpaired) electrons. The van der Waals surface area contributed by atoms with Gasteiger partial charge in [-0.25, -0.2) is 9.37 Å². The maximum Gasteiger partial charge on any atom is 0.338 e. The van der Waals surface area contributed by atoms with Crippen LogP contribution in [0, 0.1) is 13.8 Å². The van der Waals surface area contributed by atoms with Gasteiger partial charge in [-0.1, -0.05) is 66.7 Å². The lowest BCUT2D eigenvalue weighted by Crippen LogP contribution is -2.45. The van der Waals surface area contributed by atoms with Crippen LogP contribution in [0.2, 0.25) is 0 Å². The third kappa shape index (κ3) is 7.13. The zero-order valence-corrected chi connectivity index (χ0v) is 38.1. The van der Waals surface area contributed by atoms with Gasteiger partial charge in [0.25, 0.3) is 23.6 Å². The Morgan fingerprint density at radius 3 is 1.73 bits per heavy atom. The molecule has 67 heavy (non-hydrogen) atoms. The van der Waals surface area contributed by atoms with E-state index < -0.39 is 5.97 Å². The number of carbonyl (C=O) groups excluding carboxylic acids is 5. The monoisotopic (exact) mass is 889 g/mol. The maximum absolute atomic E-state index is 13.9. The summed E-state index contributed by atoms with van der Waals surface area (Å²) in [6.45, 7) is 12.4. The Hall–Kier alpha value is -7.92. The molecule has 334 valence electrons. The topological polar surface area (TPSA) is 120 Å². The van der Waals surface area contributed by atoms with E-state index in [0.29, 0.717) is 81.7 Å². The fourth-order valence-electron chi connectivity index (χ4n) is 10.1. The normalized spacial score (nSPS) is 13.9. The summed E-state index contributed by atoms with van der Waals surface area (Å²) in [6, 6.07) is 37.8. The number of imide groups is 2. The van der Waals surface area contributed by atoms with Crippen molar-refractivity contribution in [2.75, 3.05) is 50.8 Å². The molecule has 0 N–H and O–H groups in total. The second-order valence-corrected chi connectivity index (χ2v) is 17.1. The van der Waals surface area contributed by atoms with Crippen LogP contribution in [0.15, 0.2) is 126 Å². The van der Waals surface area contributed by atoms with Gasteiger partial charge in [-0.05, 0) is 99.0 Å². The van der Waals surface area contributed by atoms with Gasteiger partial charge in [0.05, 0.1) is 24.8 Å². The quantitative estimate of drug-likeness (QED) is 0.0515. The van der Waals surface area contributed by atoms with Crippen LogP contribution in [-0.2, 0) is 4.74 Å². The molecule has 6 aromatic rings. The standard InChI is InChI=1S/C56H49N4O7/c1-6-57(25-27-59-52(61)39-21-11-15-35-16-12-22-40(49(35)39)53(59)62)45-31-47-43(29-33(45)4)51(37-19-9-10-20-38(37)56(65)66-8-3)44-30-34(5)46(32-48(44)67-47)58(7-2)26-28-60-54(63)41-23-13-17-36-18-14-24-42(50(36)41)55(60)64/h9-24,29-32H,6-8,25-28H2,1-5H3/q+1. The van der Waals surface area contributed by atoms with Gasteiger partial charge in [-0.3, -0.25) is 29.0 Å². The van der Waals surface area contributed by atoms with Crippen LogP contribution in [0.25, 0.3) is 55.0 Å². The van der Waals surface area contributed by atoms with E-state index in [9.17, 15) is 24.0 Å². The molecule has 0 fully saturated rings. The molecular formula is C56H49N4O7+. The molecule has 0 saturated heterocycles. The lowest BCUT2D eigenvalue weighted by atomic mass is 9.89. The first kappa shape index (κ1) is 43.0. The number of benzene rings is 7. The number of hydrogen-bond donors (Lipinski definition) is 0. The second-order valence-electron chi connectivity index (χ2n) is 17.1. The maximum atomic E-state index is 13.9. The highest BCUT2D eigenvalue weighted by molar-refractivity contribution is 6.26. The number of hydrogen-bond acceptors (Lipinski definition) is 8. The summed E-state index contributed by atoms with van der Waals surface area (Å²) in [6.07, 6.45) is 0. The van der Waals surface area contributed by atoms with E-state index in [1.807, 2.05) is 107 Å². The van der Waals surface area contributed by atoms with Crippen molar-refractivity contribution < 1.29 is 33.1 Å². The van der Waals surface area contributed by atoms with E-state index in [0.717, 1.165) is 49.5 Å². The van der Waals surface area contributed by atoms with Crippen molar-refractivity contribution in [1.82, 2.24) is 14.4 Å². The van der Waals surface area contributed by atoms with E-state index in [-0.39, 0.29) is 43.3 Å². The number of fused-ring (bicyclic) bond motifs is 2. The zero-order chi connectivity index (χ0) is 46.7. The van der Waals surface area contributed by atoms with E-state index in [4.69, 9.17) is 9.15 Å². The smallest absolute Gasteiger partial charge is 0.338 e. The number of esters is 1. The minimum Gasteiger partial charge on any atom is -0.462 e. The van der Waals surface area contributed by atoms with Crippen LogP contribution in [0.1, 0.15) is 83.7 Å². The molecule has 10 rings (SSSR count). The first-order chi connectivity index (χ1) is 32.5. The number of carbonyl (C=O) groups is 5. The highest BCUT2D eigenvalue weighted by atomic mass is 16.5. The van der Waals surface area contributed by atoms with Crippen molar-refractivity contribution in [3.05, 3.63) is 166 Å². The van der Waals surface area contributed by atoms with Crippen LogP contribution in [0.4, 0.5) is 5.69 Å². The average Bonchev–Trinajstić information content (AvgIpc) is 3.34. The van der Waals surface area contributed by atoms with Crippen molar-refractivity contribution >= 4 is 67.8 Å². The van der Waals surface area contributed by atoms with Crippen LogP contribution >= 0.6 is 0 Å². The Bertz CT molecular complexity index is 3360. The van der Waals surface area contributed by atoms with Crippen molar-refractivity contribution in [1.29, 1.82) is 0 Å². The van der Waals surface area contributed by atoms with Crippen molar-refractivity contribution in [2.24, 2.45) is 0 Å². The van der Waals surface area contributed by atoms with E-state index >= 15 is 0 Å². The van der Waals surface area contributed by atoms with Crippen molar-refractivity contribution in [2.45, 2.75) is 34.6 Å². The molecule has 1 aliphatic carbocycles. The summed E-state index contributed by atoms with van der Waals surface area (Å²) in [4.78, 5) is 73.9. The van der Waals surface area contributed by atoms with Gasteiger partial charge < -0.3 is 14.1 Å². The first-order valence-corrected chi connectivity index (χ1v) is 22.9. The summed E-state index contributed by atoms with van der Waals surface area (Å²) in [7, 11) is 0. The van der Waals surface area contributed by atoms with Gasteiger partial charge in [-0.2, -0.15) is 0 Å².